The number of hydrogen-bond acceptors (Lipinski definition) is 2. The molecule has 0 amide bonds. The maximum absolute atomic E-state index is 5.30. The lowest BCUT2D eigenvalue weighted by Crippen LogP contribution is -2.24. The molecule has 0 aromatic carbocycles. The first kappa shape index (κ1) is 10.9. The smallest absolute Gasteiger partial charge is 0.195 e. The van der Waals surface area contributed by atoms with Crippen LogP contribution in [0.4, 0.5) is 0 Å². The maximum Gasteiger partial charge on any atom is 0.195 e. The Morgan fingerprint density at radius 2 is 2.07 bits per heavy atom. The molecule has 1 aromatic rings. The molecule has 84 valence electrons. The van der Waals surface area contributed by atoms with Gasteiger partial charge in [0.2, 0.25) is 0 Å². The molecular weight excluding hydrogens is 206 g/mol. The molecule has 0 spiro atoms. The van der Waals surface area contributed by atoms with Crippen molar-refractivity contribution in [3.63, 3.8) is 0 Å². The summed E-state index contributed by atoms with van der Waals surface area (Å²) in [7, 11) is 0. The van der Waals surface area contributed by atoms with Crippen LogP contribution in [0.25, 0.3) is 0 Å². The first-order valence-corrected chi connectivity index (χ1v) is 6.19. The highest BCUT2D eigenvalue weighted by molar-refractivity contribution is 7.71. The van der Waals surface area contributed by atoms with Crippen molar-refractivity contribution < 1.29 is 0 Å². The summed E-state index contributed by atoms with van der Waals surface area (Å²) in [4.78, 5) is 0. The summed E-state index contributed by atoms with van der Waals surface area (Å²) in [5.41, 5.74) is 0. The van der Waals surface area contributed by atoms with E-state index >= 15 is 0 Å². The van der Waals surface area contributed by atoms with Gasteiger partial charge in [0.05, 0.1) is 0 Å². The van der Waals surface area contributed by atoms with E-state index in [4.69, 9.17) is 12.2 Å². The molecule has 3 nitrogen and oxygen atoms in total. The SMILES string of the molecule is CC(C)c1n[nH]c(=S)n1C(C)C1CCC1. The zero-order chi connectivity index (χ0) is 11.0. The van der Waals surface area contributed by atoms with Crippen molar-refractivity contribution in [1.82, 2.24) is 14.8 Å². The Bertz CT molecular complexity index is 387. The number of aromatic amines is 1. The fourth-order valence-corrected chi connectivity index (χ4v) is 2.56. The third-order valence-electron chi connectivity index (χ3n) is 3.49. The van der Waals surface area contributed by atoms with Gasteiger partial charge >= 0.3 is 0 Å². The Hall–Kier alpha value is -0.640. The van der Waals surface area contributed by atoms with Gasteiger partial charge in [-0.05, 0) is 37.9 Å². The second-order valence-corrected chi connectivity index (χ2v) is 5.23. The average molecular weight is 225 g/mol. The summed E-state index contributed by atoms with van der Waals surface area (Å²) < 4.78 is 2.99. The van der Waals surface area contributed by atoms with Crippen LogP contribution in [0, 0.1) is 10.7 Å². The molecule has 2 rings (SSSR count). The minimum atomic E-state index is 0.431. The van der Waals surface area contributed by atoms with Crippen LogP contribution >= 0.6 is 12.2 Å². The lowest BCUT2D eigenvalue weighted by atomic mass is 9.80. The van der Waals surface area contributed by atoms with E-state index in [-0.39, 0.29) is 0 Å². The Morgan fingerprint density at radius 3 is 2.53 bits per heavy atom. The molecule has 1 heterocycles. The highest BCUT2D eigenvalue weighted by Gasteiger charge is 2.27. The third kappa shape index (κ3) is 1.87. The Balaban J connectivity index is 2.32. The predicted octanol–water partition coefficient (Wildman–Crippen LogP) is 3.43. The van der Waals surface area contributed by atoms with Gasteiger partial charge in [-0.25, -0.2) is 0 Å². The van der Waals surface area contributed by atoms with E-state index in [0.717, 1.165) is 16.5 Å². The average Bonchev–Trinajstić information content (AvgIpc) is 2.43. The second-order valence-electron chi connectivity index (χ2n) is 4.84. The molecule has 0 aliphatic heterocycles. The maximum atomic E-state index is 5.30. The van der Waals surface area contributed by atoms with E-state index < -0.39 is 0 Å². The minimum Gasteiger partial charge on any atom is -0.301 e. The molecule has 4 heteroatoms. The van der Waals surface area contributed by atoms with Crippen LogP contribution in [0.3, 0.4) is 0 Å². The van der Waals surface area contributed by atoms with Crippen molar-refractivity contribution in [3.05, 3.63) is 10.6 Å². The molecule has 1 aliphatic rings. The monoisotopic (exact) mass is 225 g/mol. The second kappa shape index (κ2) is 4.08. The van der Waals surface area contributed by atoms with Crippen LogP contribution in [0.2, 0.25) is 0 Å². The van der Waals surface area contributed by atoms with Gasteiger partial charge in [-0.2, -0.15) is 5.10 Å². The molecule has 1 aromatic heterocycles. The molecule has 15 heavy (non-hydrogen) atoms. The highest BCUT2D eigenvalue weighted by Crippen LogP contribution is 2.37. The van der Waals surface area contributed by atoms with Crippen molar-refractivity contribution in [3.8, 4) is 0 Å². The molecule has 1 atom stereocenters. The standard InChI is InChI=1S/C11H19N3S/c1-7(2)10-12-13-11(15)14(10)8(3)9-5-4-6-9/h7-9H,4-6H2,1-3H3,(H,13,15). The predicted molar refractivity (Wildman–Crippen MR) is 63.6 cm³/mol. The Morgan fingerprint density at radius 1 is 1.40 bits per heavy atom. The summed E-state index contributed by atoms with van der Waals surface area (Å²) in [5, 5.41) is 7.24. The van der Waals surface area contributed by atoms with E-state index in [9.17, 15) is 0 Å². The Labute approximate surface area is 95.9 Å². The number of H-pyrrole nitrogens is 1. The molecule has 1 aliphatic carbocycles. The van der Waals surface area contributed by atoms with Gasteiger partial charge in [-0.1, -0.05) is 20.3 Å². The fourth-order valence-electron chi connectivity index (χ4n) is 2.25. The van der Waals surface area contributed by atoms with Crippen molar-refractivity contribution >= 4 is 12.2 Å². The summed E-state index contributed by atoms with van der Waals surface area (Å²) in [6, 6.07) is 0.502. The molecule has 0 bridgehead atoms. The van der Waals surface area contributed by atoms with Gasteiger partial charge in [-0.15, -0.1) is 0 Å². The van der Waals surface area contributed by atoms with E-state index in [1.807, 2.05) is 0 Å². The quantitative estimate of drug-likeness (QED) is 0.800. The van der Waals surface area contributed by atoms with Crippen LogP contribution in [-0.4, -0.2) is 14.8 Å². The van der Waals surface area contributed by atoms with Gasteiger partial charge < -0.3 is 4.57 Å². The first-order valence-electron chi connectivity index (χ1n) is 5.78. The van der Waals surface area contributed by atoms with E-state index in [1.165, 1.54) is 19.3 Å². The minimum absolute atomic E-state index is 0.431. The van der Waals surface area contributed by atoms with Crippen LogP contribution in [-0.2, 0) is 0 Å². The lowest BCUT2D eigenvalue weighted by Gasteiger charge is -2.33. The zero-order valence-corrected chi connectivity index (χ0v) is 10.5. The lowest BCUT2D eigenvalue weighted by molar-refractivity contribution is 0.217. The number of aromatic nitrogens is 3. The molecule has 1 unspecified atom stereocenters. The molecular formula is C11H19N3S. The van der Waals surface area contributed by atoms with Crippen LogP contribution in [0.1, 0.15) is 57.8 Å². The zero-order valence-electron chi connectivity index (χ0n) is 9.66. The molecule has 1 saturated carbocycles. The van der Waals surface area contributed by atoms with Crippen LogP contribution < -0.4 is 0 Å². The highest BCUT2D eigenvalue weighted by atomic mass is 32.1. The van der Waals surface area contributed by atoms with Gasteiger partial charge in [0.15, 0.2) is 4.77 Å². The summed E-state index contributed by atoms with van der Waals surface area (Å²) in [6.45, 7) is 6.59. The normalized spacial score (nSPS) is 19.2. The number of nitrogens with zero attached hydrogens (tertiary/aromatic N) is 2. The van der Waals surface area contributed by atoms with Gasteiger partial charge in [0.25, 0.3) is 0 Å². The van der Waals surface area contributed by atoms with E-state index in [2.05, 4.69) is 35.5 Å². The summed E-state index contributed by atoms with van der Waals surface area (Å²) in [5.74, 6) is 2.33. The van der Waals surface area contributed by atoms with E-state index in [0.29, 0.717) is 12.0 Å². The number of hydrogen-bond donors (Lipinski definition) is 1. The van der Waals surface area contributed by atoms with Gasteiger partial charge in [0.1, 0.15) is 5.82 Å². The van der Waals surface area contributed by atoms with Gasteiger partial charge in [0, 0.05) is 12.0 Å². The fraction of sp³-hybridized carbons (Fsp3) is 0.818. The van der Waals surface area contributed by atoms with Crippen molar-refractivity contribution in [2.45, 2.75) is 52.0 Å². The third-order valence-corrected chi connectivity index (χ3v) is 3.78. The first-order chi connectivity index (χ1) is 7.11. The van der Waals surface area contributed by atoms with Crippen molar-refractivity contribution in [2.75, 3.05) is 0 Å². The largest absolute Gasteiger partial charge is 0.301 e. The Kier molecular flexibility index (Phi) is 2.96. The van der Waals surface area contributed by atoms with Crippen LogP contribution in [0.5, 0.6) is 0 Å². The molecule has 1 fully saturated rings. The summed E-state index contributed by atoms with van der Waals surface area (Å²) >= 11 is 5.30. The topological polar surface area (TPSA) is 33.6 Å². The van der Waals surface area contributed by atoms with Crippen molar-refractivity contribution in [1.29, 1.82) is 0 Å². The van der Waals surface area contributed by atoms with Crippen molar-refractivity contribution in [2.24, 2.45) is 5.92 Å². The number of nitrogens with one attached hydrogen (secondary N) is 1. The van der Waals surface area contributed by atoms with Crippen LogP contribution in [0.15, 0.2) is 0 Å². The molecule has 1 N–H and O–H groups in total. The van der Waals surface area contributed by atoms with Gasteiger partial charge in [-0.3, -0.25) is 5.10 Å². The number of rotatable bonds is 3. The molecule has 0 radical (unpaired) electrons. The summed E-state index contributed by atoms with van der Waals surface area (Å²) in [6.07, 6.45) is 4.05. The van der Waals surface area contributed by atoms with E-state index in [1.54, 1.807) is 0 Å². The molecule has 0 saturated heterocycles.